The Morgan fingerprint density at radius 2 is 1.61 bits per heavy atom. The number of aromatic nitrogens is 1. The zero-order valence-corrected chi connectivity index (χ0v) is 24.6. The molecule has 2 aromatic carbocycles. The van der Waals surface area contributed by atoms with E-state index in [-0.39, 0.29) is 36.6 Å². The van der Waals surface area contributed by atoms with Crippen LogP contribution in [0.25, 0.3) is 0 Å². The lowest BCUT2D eigenvalue weighted by Gasteiger charge is -2.28. The van der Waals surface area contributed by atoms with E-state index in [0.29, 0.717) is 37.1 Å². The Hall–Kier alpha value is -3.56. The fraction of sp³-hybridized carbons (Fsp3) is 0.438. The van der Waals surface area contributed by atoms with Gasteiger partial charge in [-0.1, -0.05) is 79.9 Å². The number of thiazole rings is 1. The fourth-order valence-electron chi connectivity index (χ4n) is 5.13. The lowest BCUT2D eigenvalue weighted by atomic mass is 9.88. The highest BCUT2D eigenvalue weighted by atomic mass is 32.1. The van der Waals surface area contributed by atoms with Crippen molar-refractivity contribution in [3.63, 3.8) is 0 Å². The topological polar surface area (TPSA) is 91.8 Å². The molecule has 1 N–H and O–H groups in total. The van der Waals surface area contributed by atoms with Gasteiger partial charge in [-0.05, 0) is 30.4 Å². The molecule has 0 aliphatic heterocycles. The van der Waals surface area contributed by atoms with Crippen molar-refractivity contribution in [2.45, 2.75) is 51.5 Å². The van der Waals surface area contributed by atoms with Crippen molar-refractivity contribution >= 4 is 34.2 Å². The van der Waals surface area contributed by atoms with E-state index in [9.17, 15) is 14.4 Å². The first-order valence-electron chi connectivity index (χ1n) is 14.4. The molecule has 3 aromatic rings. The molecule has 1 aliphatic carbocycles. The highest BCUT2D eigenvalue weighted by molar-refractivity contribution is 7.13. The molecule has 0 radical (unpaired) electrons. The minimum absolute atomic E-state index is 0.0169. The molecule has 0 unspecified atom stereocenters. The predicted molar refractivity (Wildman–Crippen MR) is 161 cm³/mol. The van der Waals surface area contributed by atoms with Gasteiger partial charge in [0, 0.05) is 38.0 Å². The van der Waals surface area contributed by atoms with Crippen molar-refractivity contribution in [3.05, 3.63) is 82.9 Å². The Labute approximate surface area is 246 Å². The molecule has 9 heteroatoms. The quantitative estimate of drug-likeness (QED) is 0.293. The first-order valence-corrected chi connectivity index (χ1v) is 15.3. The Morgan fingerprint density at radius 1 is 0.927 bits per heavy atom. The largest absolute Gasteiger partial charge is 0.383 e. The molecule has 8 nitrogen and oxygen atoms in total. The van der Waals surface area contributed by atoms with Crippen LogP contribution in [0.15, 0.2) is 66.0 Å². The van der Waals surface area contributed by atoms with Gasteiger partial charge < -0.3 is 19.9 Å². The monoisotopic (exact) mass is 576 g/mol. The summed E-state index contributed by atoms with van der Waals surface area (Å²) >= 11 is 1.29. The third-order valence-corrected chi connectivity index (χ3v) is 8.19. The average molecular weight is 577 g/mol. The summed E-state index contributed by atoms with van der Waals surface area (Å²) in [4.78, 5) is 47.3. The van der Waals surface area contributed by atoms with Crippen molar-refractivity contribution in [2.24, 2.45) is 5.92 Å². The maximum atomic E-state index is 13.4. The van der Waals surface area contributed by atoms with E-state index in [1.165, 1.54) is 16.9 Å². The maximum absolute atomic E-state index is 13.4. The maximum Gasteiger partial charge on any atom is 0.245 e. The number of anilines is 1. The van der Waals surface area contributed by atoms with Crippen LogP contribution < -0.4 is 5.32 Å². The number of benzene rings is 2. The molecule has 1 saturated carbocycles. The Bertz CT molecular complexity index is 1240. The van der Waals surface area contributed by atoms with E-state index < -0.39 is 0 Å². The van der Waals surface area contributed by atoms with Crippen LogP contribution in [0.5, 0.6) is 0 Å². The number of methoxy groups -OCH3 is 1. The summed E-state index contributed by atoms with van der Waals surface area (Å²) in [6, 6.07) is 20.1. The standard InChI is InChI=1S/C32H40N4O4S/c1-40-20-19-36(31(39)27-15-9-4-10-16-27)23-29(37)34-32-33-28(24-41-32)21-30(38)35(22-26-13-7-3-8-14-26)18-17-25-11-5-2-6-12-25/h2-3,5-8,11-14,24,27H,4,9-10,15-23H2,1H3,(H,33,34,37). The third-order valence-electron chi connectivity index (χ3n) is 7.38. The number of nitrogens with one attached hydrogen (secondary N) is 1. The van der Waals surface area contributed by atoms with Crippen molar-refractivity contribution in [2.75, 3.05) is 38.7 Å². The first kappa shape index (κ1) is 30.4. The first-order chi connectivity index (χ1) is 20.0. The summed E-state index contributed by atoms with van der Waals surface area (Å²) < 4.78 is 5.18. The fourth-order valence-corrected chi connectivity index (χ4v) is 5.85. The zero-order valence-electron chi connectivity index (χ0n) is 23.8. The van der Waals surface area contributed by atoms with E-state index >= 15 is 0 Å². The zero-order chi connectivity index (χ0) is 28.9. The number of rotatable bonds is 14. The molecule has 0 atom stereocenters. The van der Waals surface area contributed by atoms with Crippen LogP contribution in [0, 0.1) is 5.92 Å². The van der Waals surface area contributed by atoms with Gasteiger partial charge in [-0.3, -0.25) is 14.4 Å². The van der Waals surface area contributed by atoms with Gasteiger partial charge >= 0.3 is 0 Å². The lowest BCUT2D eigenvalue weighted by molar-refractivity contribution is -0.140. The van der Waals surface area contributed by atoms with Crippen LogP contribution in [0.4, 0.5) is 5.13 Å². The molecule has 3 amide bonds. The van der Waals surface area contributed by atoms with Crippen LogP contribution in [0.2, 0.25) is 0 Å². The summed E-state index contributed by atoms with van der Waals surface area (Å²) in [6.45, 7) is 1.82. The van der Waals surface area contributed by atoms with Gasteiger partial charge in [0.25, 0.3) is 0 Å². The van der Waals surface area contributed by atoms with Gasteiger partial charge in [0.15, 0.2) is 5.13 Å². The second-order valence-electron chi connectivity index (χ2n) is 10.5. The molecule has 218 valence electrons. The summed E-state index contributed by atoms with van der Waals surface area (Å²) in [5.74, 6) is -0.314. The molecule has 1 heterocycles. The van der Waals surface area contributed by atoms with Gasteiger partial charge in [-0.2, -0.15) is 0 Å². The second-order valence-corrected chi connectivity index (χ2v) is 11.4. The van der Waals surface area contributed by atoms with Gasteiger partial charge in [0.05, 0.1) is 18.7 Å². The number of carbonyl (C=O) groups excluding carboxylic acids is 3. The predicted octanol–water partition coefficient (Wildman–Crippen LogP) is 4.95. The minimum Gasteiger partial charge on any atom is -0.383 e. The van der Waals surface area contributed by atoms with E-state index in [4.69, 9.17) is 4.74 Å². The van der Waals surface area contributed by atoms with Gasteiger partial charge in [-0.15, -0.1) is 11.3 Å². The van der Waals surface area contributed by atoms with Crippen molar-refractivity contribution < 1.29 is 19.1 Å². The van der Waals surface area contributed by atoms with E-state index in [0.717, 1.165) is 44.1 Å². The minimum atomic E-state index is -0.300. The van der Waals surface area contributed by atoms with Gasteiger partial charge in [0.1, 0.15) is 6.54 Å². The lowest BCUT2D eigenvalue weighted by Crippen LogP contribution is -2.43. The molecule has 0 bridgehead atoms. The van der Waals surface area contributed by atoms with Crippen LogP contribution in [-0.2, 0) is 38.5 Å². The highest BCUT2D eigenvalue weighted by Crippen LogP contribution is 2.25. The van der Waals surface area contributed by atoms with E-state index in [2.05, 4.69) is 22.4 Å². The second kappa shape index (κ2) is 16.0. The number of amides is 3. The smallest absolute Gasteiger partial charge is 0.245 e. The van der Waals surface area contributed by atoms with E-state index in [1.807, 2.05) is 53.4 Å². The number of hydrogen-bond acceptors (Lipinski definition) is 6. The van der Waals surface area contributed by atoms with Crippen LogP contribution >= 0.6 is 11.3 Å². The molecule has 1 aliphatic rings. The molecule has 4 rings (SSSR count). The highest BCUT2D eigenvalue weighted by Gasteiger charge is 2.27. The molecule has 1 aromatic heterocycles. The molecule has 41 heavy (non-hydrogen) atoms. The van der Waals surface area contributed by atoms with E-state index in [1.54, 1.807) is 17.4 Å². The summed E-state index contributed by atoms with van der Waals surface area (Å²) in [6.07, 6.45) is 5.92. The molecule has 0 spiro atoms. The van der Waals surface area contributed by atoms with Crippen molar-refractivity contribution in [1.29, 1.82) is 0 Å². The molecule has 0 saturated heterocycles. The Morgan fingerprint density at radius 3 is 2.29 bits per heavy atom. The average Bonchev–Trinajstić information content (AvgIpc) is 3.44. The summed E-state index contributed by atoms with van der Waals surface area (Å²) in [5.41, 5.74) is 2.86. The van der Waals surface area contributed by atoms with Gasteiger partial charge in [0.2, 0.25) is 17.7 Å². The normalized spacial score (nSPS) is 13.5. The van der Waals surface area contributed by atoms with Crippen LogP contribution in [0.1, 0.15) is 48.9 Å². The van der Waals surface area contributed by atoms with Gasteiger partial charge in [-0.25, -0.2) is 4.98 Å². The van der Waals surface area contributed by atoms with Crippen LogP contribution in [0.3, 0.4) is 0 Å². The SMILES string of the molecule is COCCN(CC(=O)Nc1nc(CC(=O)N(CCc2ccccc2)Cc2ccccc2)cs1)C(=O)C1CCCCC1. The Kier molecular flexibility index (Phi) is 11.9. The molecule has 1 fully saturated rings. The van der Waals surface area contributed by atoms with Crippen molar-refractivity contribution in [1.82, 2.24) is 14.8 Å². The number of nitrogens with zero attached hydrogens (tertiary/aromatic N) is 3. The molecular formula is C32H40N4O4S. The summed E-state index contributed by atoms with van der Waals surface area (Å²) in [5, 5.41) is 5.06. The number of hydrogen-bond donors (Lipinski definition) is 1. The molecular weight excluding hydrogens is 536 g/mol. The number of carbonyl (C=O) groups is 3. The van der Waals surface area contributed by atoms with Crippen molar-refractivity contribution in [3.8, 4) is 0 Å². The summed E-state index contributed by atoms with van der Waals surface area (Å²) in [7, 11) is 1.59. The third kappa shape index (κ3) is 9.79. The van der Waals surface area contributed by atoms with Crippen LogP contribution in [-0.4, -0.2) is 65.9 Å². The Balaban J connectivity index is 1.34. The number of ether oxygens (including phenoxy) is 1.